The number of anilines is 1. The van der Waals surface area contributed by atoms with Gasteiger partial charge in [-0.2, -0.15) is 0 Å². The summed E-state index contributed by atoms with van der Waals surface area (Å²) in [5.41, 5.74) is 7.34. The van der Waals surface area contributed by atoms with E-state index in [9.17, 15) is 0 Å². The zero-order chi connectivity index (χ0) is 13.6. The Hall–Kier alpha value is -1.47. The third kappa shape index (κ3) is 1.93. The minimum Gasteiger partial charge on any atom is -0.493 e. The maximum atomic E-state index is 6.11. The highest BCUT2D eigenvalue weighted by Gasteiger charge is 2.18. The van der Waals surface area contributed by atoms with Gasteiger partial charge in [0.15, 0.2) is 21.8 Å². The normalized spacial score (nSPS) is 11.1. The molecular formula is C12H9Br2N3O2. The SMILES string of the molecule is COc1cccn2c(N)c(-c3cc(Br)c(Br)o3)nc12. The molecule has 0 aliphatic carbocycles. The van der Waals surface area contributed by atoms with Crippen LogP contribution >= 0.6 is 31.9 Å². The molecular weight excluding hydrogens is 378 g/mol. The number of ether oxygens (including phenoxy) is 1. The monoisotopic (exact) mass is 385 g/mol. The van der Waals surface area contributed by atoms with Crippen LogP contribution in [-0.2, 0) is 0 Å². The topological polar surface area (TPSA) is 65.7 Å². The van der Waals surface area contributed by atoms with Gasteiger partial charge in [0.25, 0.3) is 0 Å². The molecule has 3 aromatic rings. The number of nitrogens with two attached hydrogens (primary N) is 1. The first kappa shape index (κ1) is 12.6. The Morgan fingerprint density at radius 2 is 2.21 bits per heavy atom. The van der Waals surface area contributed by atoms with Gasteiger partial charge in [-0.3, -0.25) is 4.40 Å². The number of hydrogen-bond donors (Lipinski definition) is 1. The Morgan fingerprint density at radius 1 is 1.42 bits per heavy atom. The van der Waals surface area contributed by atoms with Crippen molar-refractivity contribution in [2.75, 3.05) is 12.8 Å². The van der Waals surface area contributed by atoms with Gasteiger partial charge in [0.1, 0.15) is 11.5 Å². The van der Waals surface area contributed by atoms with Crippen molar-refractivity contribution in [3.05, 3.63) is 33.5 Å². The van der Waals surface area contributed by atoms with Gasteiger partial charge in [0.2, 0.25) is 0 Å². The molecule has 0 atom stereocenters. The molecule has 2 N–H and O–H groups in total. The van der Waals surface area contributed by atoms with E-state index in [-0.39, 0.29) is 0 Å². The second-order valence-corrected chi connectivity index (χ2v) is 5.42. The molecule has 3 rings (SSSR count). The summed E-state index contributed by atoms with van der Waals surface area (Å²) in [6.07, 6.45) is 1.83. The summed E-state index contributed by atoms with van der Waals surface area (Å²) in [5.74, 6) is 1.75. The molecule has 0 saturated heterocycles. The third-order valence-corrected chi connectivity index (χ3v) is 4.46. The number of hydrogen-bond acceptors (Lipinski definition) is 4. The van der Waals surface area contributed by atoms with Crippen LogP contribution in [0.2, 0.25) is 0 Å². The van der Waals surface area contributed by atoms with Crippen LogP contribution in [0.15, 0.2) is 38.0 Å². The van der Waals surface area contributed by atoms with Crippen molar-refractivity contribution in [1.82, 2.24) is 9.38 Å². The zero-order valence-corrected chi connectivity index (χ0v) is 13.0. The first-order valence-electron chi connectivity index (χ1n) is 5.37. The predicted octanol–water partition coefficient (Wildman–Crippen LogP) is 3.71. The molecule has 3 aromatic heterocycles. The minimum atomic E-state index is 0.502. The van der Waals surface area contributed by atoms with Crippen LogP contribution in [0.3, 0.4) is 0 Å². The Kier molecular flexibility index (Phi) is 3.02. The molecule has 0 spiro atoms. The van der Waals surface area contributed by atoms with Gasteiger partial charge in [-0.05, 0) is 44.0 Å². The first-order chi connectivity index (χ1) is 9.11. The standard InChI is InChI=1S/C12H9Br2N3O2/c1-18-7-3-2-4-17-11(15)9(16-12(7)17)8-5-6(13)10(14)19-8/h2-5H,15H2,1H3. The molecule has 0 aliphatic rings. The molecule has 0 unspecified atom stereocenters. The lowest BCUT2D eigenvalue weighted by atomic mass is 10.3. The van der Waals surface area contributed by atoms with Crippen LogP contribution < -0.4 is 10.5 Å². The van der Waals surface area contributed by atoms with Crippen LogP contribution in [0, 0.1) is 0 Å². The average Bonchev–Trinajstić information content (AvgIpc) is 2.91. The number of imidazole rings is 1. The van der Waals surface area contributed by atoms with Gasteiger partial charge >= 0.3 is 0 Å². The van der Waals surface area contributed by atoms with E-state index in [0.29, 0.717) is 33.3 Å². The molecule has 7 heteroatoms. The summed E-state index contributed by atoms with van der Waals surface area (Å²) >= 11 is 6.67. The highest BCUT2D eigenvalue weighted by Crippen LogP contribution is 2.36. The summed E-state index contributed by atoms with van der Waals surface area (Å²) < 4.78 is 14.0. The van der Waals surface area contributed by atoms with Crippen molar-refractivity contribution in [2.45, 2.75) is 0 Å². The van der Waals surface area contributed by atoms with E-state index in [4.69, 9.17) is 14.9 Å². The quantitative estimate of drug-likeness (QED) is 0.729. The van der Waals surface area contributed by atoms with Crippen molar-refractivity contribution < 1.29 is 9.15 Å². The van der Waals surface area contributed by atoms with E-state index in [0.717, 1.165) is 4.47 Å². The molecule has 0 aliphatic heterocycles. The molecule has 0 amide bonds. The lowest BCUT2D eigenvalue weighted by Crippen LogP contribution is -1.94. The first-order valence-corrected chi connectivity index (χ1v) is 6.96. The highest BCUT2D eigenvalue weighted by atomic mass is 79.9. The second-order valence-electron chi connectivity index (χ2n) is 3.85. The van der Waals surface area contributed by atoms with Crippen LogP contribution in [0.1, 0.15) is 0 Å². The van der Waals surface area contributed by atoms with Crippen LogP contribution in [0.25, 0.3) is 17.1 Å². The summed E-state index contributed by atoms with van der Waals surface area (Å²) in [7, 11) is 1.60. The van der Waals surface area contributed by atoms with Crippen molar-refractivity contribution in [2.24, 2.45) is 0 Å². The Labute approximate surface area is 125 Å². The fraction of sp³-hybridized carbons (Fsp3) is 0.0833. The summed E-state index contributed by atoms with van der Waals surface area (Å²) in [6.45, 7) is 0. The average molecular weight is 387 g/mol. The van der Waals surface area contributed by atoms with E-state index in [1.54, 1.807) is 11.5 Å². The van der Waals surface area contributed by atoms with E-state index in [1.165, 1.54) is 0 Å². The van der Waals surface area contributed by atoms with Gasteiger partial charge in [0.05, 0.1) is 11.6 Å². The maximum absolute atomic E-state index is 6.11. The second kappa shape index (κ2) is 4.57. The molecule has 0 aromatic carbocycles. The summed E-state index contributed by atoms with van der Waals surface area (Å²) in [4.78, 5) is 4.49. The molecule has 0 fully saturated rings. The number of pyridine rings is 1. The number of rotatable bonds is 2. The van der Waals surface area contributed by atoms with Gasteiger partial charge in [-0.15, -0.1) is 0 Å². The predicted molar refractivity (Wildman–Crippen MR) is 79.3 cm³/mol. The van der Waals surface area contributed by atoms with Gasteiger partial charge < -0.3 is 14.9 Å². The number of nitrogen functional groups attached to an aromatic ring is 1. The van der Waals surface area contributed by atoms with Gasteiger partial charge in [-0.1, -0.05) is 0 Å². The summed E-state index contributed by atoms with van der Waals surface area (Å²) in [5, 5.41) is 0. The van der Waals surface area contributed by atoms with E-state index < -0.39 is 0 Å². The van der Waals surface area contributed by atoms with Gasteiger partial charge in [-0.25, -0.2) is 4.98 Å². The number of furan rings is 1. The van der Waals surface area contributed by atoms with E-state index in [1.807, 2.05) is 24.4 Å². The fourth-order valence-electron chi connectivity index (χ4n) is 1.86. The summed E-state index contributed by atoms with van der Waals surface area (Å²) in [6, 6.07) is 5.50. The van der Waals surface area contributed by atoms with Crippen LogP contribution in [0.4, 0.5) is 5.82 Å². The molecule has 0 saturated carbocycles. The molecule has 19 heavy (non-hydrogen) atoms. The van der Waals surface area contributed by atoms with Crippen LogP contribution in [-0.4, -0.2) is 16.5 Å². The lowest BCUT2D eigenvalue weighted by molar-refractivity contribution is 0.417. The fourth-order valence-corrected chi connectivity index (χ4v) is 2.44. The highest BCUT2D eigenvalue weighted by molar-refractivity contribution is 9.13. The maximum Gasteiger partial charge on any atom is 0.184 e. The number of methoxy groups -OCH3 is 1. The molecule has 0 radical (unpaired) electrons. The molecule has 3 heterocycles. The van der Waals surface area contributed by atoms with Crippen molar-refractivity contribution >= 4 is 43.3 Å². The zero-order valence-electron chi connectivity index (χ0n) is 9.85. The van der Waals surface area contributed by atoms with Crippen molar-refractivity contribution in [1.29, 1.82) is 0 Å². The smallest absolute Gasteiger partial charge is 0.184 e. The lowest BCUT2D eigenvalue weighted by Gasteiger charge is -2.01. The van der Waals surface area contributed by atoms with E-state index >= 15 is 0 Å². The molecule has 98 valence electrons. The number of halogens is 2. The largest absolute Gasteiger partial charge is 0.493 e. The van der Waals surface area contributed by atoms with Gasteiger partial charge in [0, 0.05) is 12.3 Å². The Bertz CT molecular complexity index is 744. The Balaban J connectivity index is 2.27. The number of fused-ring (bicyclic) bond motifs is 1. The molecule has 0 bridgehead atoms. The third-order valence-electron chi connectivity index (χ3n) is 2.75. The number of aromatic nitrogens is 2. The minimum absolute atomic E-state index is 0.502. The molecule has 5 nitrogen and oxygen atoms in total. The Morgan fingerprint density at radius 3 is 2.84 bits per heavy atom. The van der Waals surface area contributed by atoms with Crippen molar-refractivity contribution in [3.63, 3.8) is 0 Å². The van der Waals surface area contributed by atoms with Crippen molar-refractivity contribution in [3.8, 4) is 17.2 Å². The number of nitrogens with zero attached hydrogens (tertiary/aromatic N) is 2. The van der Waals surface area contributed by atoms with E-state index in [2.05, 4.69) is 36.8 Å². The van der Waals surface area contributed by atoms with Crippen LogP contribution in [0.5, 0.6) is 5.75 Å².